The molecule has 5 aromatic carbocycles. The topological polar surface area (TPSA) is 27.7 Å². The van der Waals surface area contributed by atoms with E-state index in [-0.39, 0.29) is 17.2 Å². The molecular formula is C43H48O3SiSn. The summed E-state index contributed by atoms with van der Waals surface area (Å²) in [4.78, 5) is 0. The van der Waals surface area contributed by atoms with E-state index in [4.69, 9.17) is 13.9 Å². The molecule has 6 rings (SSSR count). The zero-order valence-corrected chi connectivity index (χ0v) is 33.0. The molecule has 3 nitrogen and oxygen atoms in total. The number of hydrogen-bond acceptors (Lipinski definition) is 3. The Morgan fingerprint density at radius 3 is 1.38 bits per heavy atom. The molecule has 0 radical (unpaired) electrons. The van der Waals surface area contributed by atoms with Crippen LogP contribution in [0.25, 0.3) is 0 Å². The summed E-state index contributed by atoms with van der Waals surface area (Å²) in [5.41, 5.74) is 0. The Labute approximate surface area is 292 Å². The Bertz CT molecular complexity index is 1650. The van der Waals surface area contributed by atoms with E-state index in [0.29, 0.717) is 6.61 Å². The first kappa shape index (κ1) is 34.6. The molecule has 1 fully saturated rings. The molecular weight excluding hydrogens is 711 g/mol. The second kappa shape index (κ2) is 14.3. The fraction of sp³-hybridized carbons (Fsp3) is 0.256. The Morgan fingerprint density at radius 1 is 0.646 bits per heavy atom. The van der Waals surface area contributed by atoms with Crippen molar-refractivity contribution in [3.63, 3.8) is 0 Å². The van der Waals surface area contributed by atoms with Crippen molar-refractivity contribution < 1.29 is 13.9 Å². The van der Waals surface area contributed by atoms with E-state index in [1.807, 2.05) is 13.8 Å². The number of rotatable bonds is 10. The molecule has 0 saturated carbocycles. The van der Waals surface area contributed by atoms with E-state index in [1.54, 1.807) is 0 Å². The van der Waals surface area contributed by atoms with Gasteiger partial charge in [0.05, 0.1) is 0 Å². The maximum atomic E-state index is 7.53. The zero-order chi connectivity index (χ0) is 33.8. The summed E-state index contributed by atoms with van der Waals surface area (Å²) in [7, 11) is -2.81. The van der Waals surface area contributed by atoms with Crippen molar-refractivity contribution in [1.29, 1.82) is 0 Å². The van der Waals surface area contributed by atoms with Crippen LogP contribution in [0, 0.1) is 0 Å². The van der Waals surface area contributed by atoms with Gasteiger partial charge in [0.15, 0.2) is 0 Å². The van der Waals surface area contributed by atoms with Gasteiger partial charge in [-0.25, -0.2) is 0 Å². The first-order chi connectivity index (χ1) is 23.1. The molecule has 1 aliphatic rings. The van der Waals surface area contributed by atoms with Gasteiger partial charge in [-0.3, -0.25) is 0 Å². The van der Waals surface area contributed by atoms with Crippen LogP contribution in [0.5, 0.6) is 0 Å². The average Bonchev–Trinajstić information content (AvgIpc) is 3.42. The summed E-state index contributed by atoms with van der Waals surface area (Å²) >= 11 is -3.98. The van der Waals surface area contributed by atoms with Crippen LogP contribution in [-0.2, 0) is 13.9 Å². The molecule has 246 valence electrons. The van der Waals surface area contributed by atoms with E-state index in [9.17, 15) is 0 Å². The Balaban J connectivity index is 1.51. The van der Waals surface area contributed by atoms with Crippen molar-refractivity contribution in [2.75, 3.05) is 6.61 Å². The summed E-state index contributed by atoms with van der Waals surface area (Å²) < 4.78 is 27.0. The normalized spacial score (nSPS) is 18.5. The van der Waals surface area contributed by atoms with Gasteiger partial charge in [0.1, 0.15) is 0 Å². The number of hydrogen-bond donors (Lipinski definition) is 0. The van der Waals surface area contributed by atoms with Crippen LogP contribution in [0.3, 0.4) is 0 Å². The first-order valence-corrected chi connectivity index (χ1v) is 24.7. The van der Waals surface area contributed by atoms with Crippen molar-refractivity contribution in [3.05, 3.63) is 161 Å². The standard InChI is InChI=1S/C25H33O3Si.3C6H5.Sn/c1-7-14-22-23(28-25(5,6)27-22)19-26-29(24(2,3)4,20-15-10-8-11-16-20)21-17-12-9-13-18-21;3*1-2-4-6-5-3-1;/h7-13,15-18,22-23H,19H2,1-6H3;3*1-5H;/t22-,23-;;;;/m0..../s1. The molecule has 2 atom stereocenters. The van der Waals surface area contributed by atoms with Crippen LogP contribution in [-0.4, -0.2) is 51.3 Å². The van der Waals surface area contributed by atoms with Gasteiger partial charge >= 0.3 is 294 Å². The molecule has 1 saturated heterocycles. The van der Waals surface area contributed by atoms with Crippen molar-refractivity contribution in [2.45, 2.75) is 64.6 Å². The molecule has 0 unspecified atom stereocenters. The third kappa shape index (κ3) is 6.41. The molecule has 48 heavy (non-hydrogen) atoms. The molecule has 0 N–H and O–H groups in total. The molecule has 1 aliphatic heterocycles. The quantitative estimate of drug-likeness (QED) is 0.148. The predicted molar refractivity (Wildman–Crippen MR) is 205 cm³/mol. The summed E-state index contributed by atoms with van der Waals surface area (Å²) in [5, 5.41) is 2.37. The van der Waals surface area contributed by atoms with Crippen molar-refractivity contribution in [3.8, 4) is 0 Å². The predicted octanol–water partition coefficient (Wildman–Crippen LogP) is 6.74. The van der Waals surface area contributed by atoms with Gasteiger partial charge in [-0.1, -0.05) is 0 Å². The van der Waals surface area contributed by atoms with Crippen molar-refractivity contribution in [2.24, 2.45) is 0 Å². The third-order valence-electron chi connectivity index (χ3n) is 9.74. The Kier molecular flexibility index (Phi) is 10.3. The second-order valence-corrected chi connectivity index (χ2v) is 29.3. The number of ether oxygens (including phenoxy) is 2. The Morgan fingerprint density at radius 2 is 1.02 bits per heavy atom. The second-order valence-electron chi connectivity index (χ2n) is 14.2. The molecule has 0 spiro atoms. The SMILES string of the molecule is C/C=[C](\[C@@H]1OC(C)(C)O[C@H]1CO[Si](c1ccccc1)(c1ccccc1)C(C)(C)C)[Sn]([c]1ccccc1)([c]1ccccc1)[c]1ccccc1. The summed E-state index contributed by atoms with van der Waals surface area (Å²) in [5.74, 6) is -0.778. The zero-order valence-electron chi connectivity index (χ0n) is 29.1. The first-order valence-electron chi connectivity index (χ1n) is 17.1. The number of allylic oxidation sites excluding steroid dienone is 1. The van der Waals surface area contributed by atoms with Gasteiger partial charge in [0, 0.05) is 0 Å². The molecule has 5 heteroatoms. The summed E-state index contributed by atoms with van der Waals surface area (Å²) in [6.45, 7) is 13.7. The van der Waals surface area contributed by atoms with Gasteiger partial charge in [-0.2, -0.15) is 0 Å². The van der Waals surface area contributed by atoms with Gasteiger partial charge in [0.25, 0.3) is 0 Å². The van der Waals surface area contributed by atoms with Gasteiger partial charge in [0.2, 0.25) is 0 Å². The average molecular weight is 760 g/mol. The van der Waals surface area contributed by atoms with Crippen LogP contribution >= 0.6 is 0 Å². The molecule has 0 aromatic heterocycles. The third-order valence-corrected chi connectivity index (χ3v) is 29.1. The van der Waals surface area contributed by atoms with Gasteiger partial charge < -0.3 is 0 Å². The van der Waals surface area contributed by atoms with Crippen molar-refractivity contribution in [1.82, 2.24) is 0 Å². The Hall–Kier alpha value is -3.26. The van der Waals surface area contributed by atoms with Crippen molar-refractivity contribution >= 4 is 47.8 Å². The maximum absolute atomic E-state index is 7.53. The van der Waals surface area contributed by atoms with E-state index < -0.39 is 32.5 Å². The minimum atomic E-state index is -3.98. The van der Waals surface area contributed by atoms with E-state index in [1.165, 1.54) is 24.7 Å². The fourth-order valence-corrected chi connectivity index (χ4v) is 27.2. The van der Waals surface area contributed by atoms with Crippen LogP contribution in [0.15, 0.2) is 161 Å². The van der Waals surface area contributed by atoms with Crippen LogP contribution < -0.4 is 21.1 Å². The molecule has 5 aromatic rings. The molecule has 0 aliphatic carbocycles. The fourth-order valence-electron chi connectivity index (χ4n) is 7.85. The van der Waals surface area contributed by atoms with Gasteiger partial charge in [-0.05, 0) is 0 Å². The van der Waals surface area contributed by atoms with E-state index in [0.717, 1.165) is 0 Å². The van der Waals surface area contributed by atoms with Crippen LogP contribution in [0.2, 0.25) is 5.04 Å². The van der Waals surface area contributed by atoms with Gasteiger partial charge in [-0.15, -0.1) is 0 Å². The van der Waals surface area contributed by atoms with Crippen LogP contribution in [0.4, 0.5) is 0 Å². The van der Waals surface area contributed by atoms with Crippen LogP contribution in [0.1, 0.15) is 41.5 Å². The molecule has 0 bridgehead atoms. The molecule has 0 amide bonds. The molecule has 1 heterocycles. The summed E-state index contributed by atoms with van der Waals surface area (Å²) in [6, 6.07) is 55.1. The van der Waals surface area contributed by atoms with E-state index >= 15 is 0 Å². The van der Waals surface area contributed by atoms with E-state index in [2.05, 4.69) is 185 Å². The summed E-state index contributed by atoms with van der Waals surface area (Å²) in [6.07, 6.45) is 1.74. The minimum absolute atomic E-state index is 0.148. The number of benzene rings is 5. The monoisotopic (exact) mass is 760 g/mol.